The van der Waals surface area contributed by atoms with Crippen LogP contribution >= 0.6 is 0 Å². The summed E-state index contributed by atoms with van der Waals surface area (Å²) in [6.45, 7) is -0.547. The summed E-state index contributed by atoms with van der Waals surface area (Å²) < 4.78 is 33.1. The van der Waals surface area contributed by atoms with Crippen LogP contribution in [-0.2, 0) is 4.79 Å². The Morgan fingerprint density at radius 2 is 1.96 bits per heavy atom. The van der Waals surface area contributed by atoms with E-state index in [1.807, 2.05) is 0 Å². The van der Waals surface area contributed by atoms with E-state index in [4.69, 9.17) is 9.52 Å². The molecule has 0 radical (unpaired) electrons. The Labute approximate surface area is 130 Å². The number of likely N-dealkylation sites (tertiary alicyclic amines) is 1. The van der Waals surface area contributed by atoms with Gasteiger partial charge in [0.15, 0.2) is 5.76 Å². The van der Waals surface area contributed by atoms with E-state index in [0.29, 0.717) is 0 Å². The molecule has 1 atom stereocenters. The highest BCUT2D eigenvalue weighted by Crippen LogP contribution is 2.29. The van der Waals surface area contributed by atoms with Gasteiger partial charge in [-0.3, -0.25) is 4.79 Å². The lowest BCUT2D eigenvalue weighted by atomic mass is 10.1. The lowest BCUT2D eigenvalue weighted by Gasteiger charge is -2.16. The number of halogens is 2. The highest BCUT2D eigenvalue weighted by atomic mass is 19.1. The Hall–Kier alpha value is -2.70. The Morgan fingerprint density at radius 1 is 1.22 bits per heavy atom. The van der Waals surface area contributed by atoms with Gasteiger partial charge < -0.3 is 14.4 Å². The van der Waals surface area contributed by atoms with Gasteiger partial charge in [0.1, 0.15) is 11.6 Å². The fraction of sp³-hybridized carbons (Fsp3) is 0.250. The number of alkyl halides is 1. The number of benzene rings is 1. The van der Waals surface area contributed by atoms with Gasteiger partial charge in [-0.2, -0.15) is 0 Å². The Balaban J connectivity index is 1.80. The zero-order valence-corrected chi connectivity index (χ0v) is 12.0. The molecule has 1 fully saturated rings. The van der Waals surface area contributed by atoms with Crippen molar-refractivity contribution in [2.75, 3.05) is 13.1 Å². The number of hydrogen-bond donors (Lipinski definition) is 1. The molecule has 0 spiro atoms. The van der Waals surface area contributed by atoms with Crippen LogP contribution in [0.3, 0.4) is 0 Å². The molecule has 1 aromatic carbocycles. The molecule has 120 valence electrons. The number of amides is 1. The molecule has 1 aromatic heterocycles. The second-order valence-electron chi connectivity index (χ2n) is 5.39. The first kappa shape index (κ1) is 15.2. The first-order valence-electron chi connectivity index (χ1n) is 6.97. The third kappa shape index (κ3) is 2.69. The zero-order valence-electron chi connectivity index (χ0n) is 12.0. The highest BCUT2D eigenvalue weighted by Gasteiger charge is 2.47. The summed E-state index contributed by atoms with van der Waals surface area (Å²) in [5.41, 5.74) is -2.23. The van der Waals surface area contributed by atoms with Gasteiger partial charge in [-0.1, -0.05) is 12.1 Å². The molecule has 0 aliphatic carbocycles. The minimum atomic E-state index is -2.43. The number of furan rings is 1. The normalized spacial score (nSPS) is 20.7. The molecule has 1 aliphatic heterocycles. The van der Waals surface area contributed by atoms with Crippen molar-refractivity contribution in [3.63, 3.8) is 0 Å². The molecule has 7 heteroatoms. The smallest absolute Gasteiger partial charge is 0.343 e. The van der Waals surface area contributed by atoms with Crippen LogP contribution in [0.2, 0.25) is 0 Å². The monoisotopic (exact) mass is 321 g/mol. The van der Waals surface area contributed by atoms with Crippen molar-refractivity contribution in [2.45, 2.75) is 12.1 Å². The molecule has 0 bridgehead atoms. The van der Waals surface area contributed by atoms with Crippen molar-refractivity contribution in [1.29, 1.82) is 0 Å². The van der Waals surface area contributed by atoms with Crippen molar-refractivity contribution in [3.8, 4) is 11.3 Å². The van der Waals surface area contributed by atoms with Gasteiger partial charge in [0.05, 0.1) is 12.1 Å². The van der Waals surface area contributed by atoms with Crippen LogP contribution in [0.1, 0.15) is 17.0 Å². The van der Waals surface area contributed by atoms with Crippen molar-refractivity contribution in [2.24, 2.45) is 0 Å². The number of aliphatic carboxylic acids is 1. The van der Waals surface area contributed by atoms with Gasteiger partial charge >= 0.3 is 5.97 Å². The second-order valence-corrected chi connectivity index (χ2v) is 5.39. The summed E-state index contributed by atoms with van der Waals surface area (Å²) in [6, 6.07) is 8.75. The van der Waals surface area contributed by atoms with Crippen LogP contribution in [0.15, 0.2) is 40.8 Å². The van der Waals surface area contributed by atoms with Crippen molar-refractivity contribution < 1.29 is 27.9 Å². The van der Waals surface area contributed by atoms with Crippen LogP contribution in [0.5, 0.6) is 0 Å². The number of carboxylic acid groups (broad SMARTS) is 1. The maximum atomic E-state index is 14.0. The fourth-order valence-electron chi connectivity index (χ4n) is 2.54. The van der Waals surface area contributed by atoms with Crippen molar-refractivity contribution in [3.05, 3.63) is 48.0 Å². The summed E-state index contributed by atoms with van der Waals surface area (Å²) in [5.74, 6) is -2.60. The molecular formula is C16H13F2NO4. The van der Waals surface area contributed by atoms with E-state index < -0.39 is 29.9 Å². The second kappa shape index (κ2) is 5.49. The molecule has 2 aromatic rings. The number of carbonyl (C=O) groups is 2. The summed E-state index contributed by atoms with van der Waals surface area (Å²) in [5, 5.41) is 8.85. The Bertz CT molecular complexity index is 773. The minimum Gasteiger partial charge on any atom is -0.479 e. The fourth-order valence-corrected chi connectivity index (χ4v) is 2.54. The number of carbonyl (C=O) groups excluding carboxylic acids is 1. The van der Waals surface area contributed by atoms with Crippen LogP contribution in [0, 0.1) is 5.82 Å². The SMILES string of the molecule is O=C(c1ccc(-c2ccccc2F)o1)N1CCC(F)(C(=O)O)C1. The maximum absolute atomic E-state index is 14.0. The molecule has 3 rings (SSSR count). The molecule has 5 nitrogen and oxygen atoms in total. The van der Waals surface area contributed by atoms with Gasteiger partial charge in [0.2, 0.25) is 5.67 Å². The van der Waals surface area contributed by atoms with Gasteiger partial charge in [-0.05, 0) is 24.3 Å². The molecule has 23 heavy (non-hydrogen) atoms. The van der Waals surface area contributed by atoms with Crippen molar-refractivity contribution >= 4 is 11.9 Å². The Kier molecular flexibility index (Phi) is 3.63. The Morgan fingerprint density at radius 3 is 2.61 bits per heavy atom. The zero-order chi connectivity index (χ0) is 16.6. The third-order valence-electron chi connectivity index (χ3n) is 3.85. The summed E-state index contributed by atoms with van der Waals surface area (Å²) in [7, 11) is 0. The predicted octanol–water partition coefficient (Wildman–Crippen LogP) is 2.72. The molecule has 1 N–H and O–H groups in total. The minimum absolute atomic E-state index is 0.0165. The first-order chi connectivity index (χ1) is 10.9. The molecule has 1 unspecified atom stereocenters. The lowest BCUT2D eigenvalue weighted by Crippen LogP contribution is -2.38. The number of nitrogens with zero attached hydrogens (tertiary/aromatic N) is 1. The van der Waals surface area contributed by atoms with Gasteiger partial charge in [-0.15, -0.1) is 0 Å². The summed E-state index contributed by atoms with van der Waals surface area (Å²) >= 11 is 0. The van der Waals surface area contributed by atoms with E-state index in [-0.39, 0.29) is 30.0 Å². The van der Waals surface area contributed by atoms with Crippen LogP contribution in [0.25, 0.3) is 11.3 Å². The quantitative estimate of drug-likeness (QED) is 0.943. The number of carboxylic acids is 1. The molecule has 2 heterocycles. The maximum Gasteiger partial charge on any atom is 0.343 e. The van der Waals surface area contributed by atoms with Crippen molar-refractivity contribution in [1.82, 2.24) is 4.90 Å². The van der Waals surface area contributed by atoms with E-state index in [9.17, 15) is 18.4 Å². The lowest BCUT2D eigenvalue weighted by molar-refractivity contribution is -0.149. The van der Waals surface area contributed by atoms with Gasteiger partial charge in [-0.25, -0.2) is 13.6 Å². The topological polar surface area (TPSA) is 70.8 Å². The molecular weight excluding hydrogens is 308 g/mol. The van der Waals surface area contributed by atoms with Crippen LogP contribution in [-0.4, -0.2) is 40.6 Å². The average Bonchev–Trinajstić information content (AvgIpc) is 3.15. The first-order valence-corrected chi connectivity index (χ1v) is 6.97. The van der Waals surface area contributed by atoms with E-state index in [0.717, 1.165) is 4.90 Å². The number of rotatable bonds is 3. The molecule has 1 amide bonds. The molecule has 1 saturated heterocycles. The van der Waals surface area contributed by atoms with E-state index in [2.05, 4.69) is 0 Å². The average molecular weight is 321 g/mol. The molecule has 0 saturated carbocycles. The number of hydrogen-bond acceptors (Lipinski definition) is 3. The highest BCUT2D eigenvalue weighted by molar-refractivity contribution is 5.93. The standard InChI is InChI=1S/C16H13F2NO4/c17-11-4-2-1-3-10(11)12-5-6-13(23-12)14(20)19-8-7-16(18,9-19)15(21)22/h1-6H,7-9H2,(H,21,22). The largest absolute Gasteiger partial charge is 0.479 e. The van der Waals surface area contributed by atoms with Gasteiger partial charge in [0.25, 0.3) is 5.91 Å². The third-order valence-corrected chi connectivity index (χ3v) is 3.85. The summed E-state index contributed by atoms with van der Waals surface area (Å²) in [6.07, 6.45) is -0.269. The molecule has 1 aliphatic rings. The van der Waals surface area contributed by atoms with Crippen LogP contribution in [0.4, 0.5) is 8.78 Å². The van der Waals surface area contributed by atoms with E-state index in [1.54, 1.807) is 6.07 Å². The summed E-state index contributed by atoms with van der Waals surface area (Å²) in [4.78, 5) is 24.2. The van der Waals surface area contributed by atoms with Gasteiger partial charge in [0, 0.05) is 13.0 Å². The van der Waals surface area contributed by atoms with E-state index >= 15 is 0 Å². The van der Waals surface area contributed by atoms with E-state index in [1.165, 1.54) is 30.3 Å². The van der Waals surface area contributed by atoms with Crippen LogP contribution < -0.4 is 0 Å². The predicted molar refractivity (Wildman–Crippen MR) is 76.1 cm³/mol.